The summed E-state index contributed by atoms with van der Waals surface area (Å²) < 4.78 is 13.7. The third kappa shape index (κ3) is 5.08. The summed E-state index contributed by atoms with van der Waals surface area (Å²) in [6, 6.07) is 20.0. The Kier molecular flexibility index (Phi) is 5.78. The third-order valence-electron chi connectivity index (χ3n) is 4.53. The van der Waals surface area contributed by atoms with Crippen LogP contribution >= 0.6 is 0 Å². The fourth-order valence-corrected chi connectivity index (χ4v) is 2.81. The zero-order valence-corrected chi connectivity index (χ0v) is 16.6. The molecule has 0 heterocycles. The predicted molar refractivity (Wildman–Crippen MR) is 114 cm³/mol. The van der Waals surface area contributed by atoms with Gasteiger partial charge in [-0.15, -0.1) is 0 Å². The van der Waals surface area contributed by atoms with Crippen LogP contribution in [0.25, 0.3) is 0 Å². The first-order valence-electron chi connectivity index (χ1n) is 9.32. The molecule has 0 atom stereocenters. The van der Waals surface area contributed by atoms with E-state index in [0.717, 1.165) is 5.56 Å². The van der Waals surface area contributed by atoms with Gasteiger partial charge < -0.3 is 10.6 Å². The highest BCUT2D eigenvalue weighted by Crippen LogP contribution is 2.23. The van der Waals surface area contributed by atoms with Crippen LogP contribution in [0.5, 0.6) is 0 Å². The van der Waals surface area contributed by atoms with E-state index in [4.69, 9.17) is 0 Å². The minimum atomic E-state index is -0.577. The maximum Gasteiger partial charge on any atom is 0.258 e. The largest absolute Gasteiger partial charge is 0.322 e. The van der Waals surface area contributed by atoms with Gasteiger partial charge in [0.15, 0.2) is 0 Å². The molecular weight excluding hydrogens is 367 g/mol. The first-order valence-corrected chi connectivity index (χ1v) is 9.32. The van der Waals surface area contributed by atoms with Gasteiger partial charge in [0.05, 0.1) is 5.56 Å². The van der Waals surface area contributed by atoms with Crippen LogP contribution in [0.4, 0.5) is 15.8 Å². The second-order valence-corrected chi connectivity index (χ2v) is 7.79. The maximum atomic E-state index is 13.7. The molecule has 0 radical (unpaired) electrons. The second-order valence-electron chi connectivity index (χ2n) is 7.79. The zero-order valence-electron chi connectivity index (χ0n) is 16.6. The fraction of sp³-hybridized carbons (Fsp3) is 0.167. The molecule has 3 aromatic rings. The average Bonchev–Trinajstić information content (AvgIpc) is 2.69. The highest BCUT2D eigenvalue weighted by Gasteiger charge is 2.15. The van der Waals surface area contributed by atoms with Crippen LogP contribution in [0.1, 0.15) is 47.1 Å². The van der Waals surface area contributed by atoms with Crippen molar-refractivity contribution in [2.45, 2.75) is 26.2 Å². The Labute approximate surface area is 169 Å². The molecule has 0 saturated carbocycles. The van der Waals surface area contributed by atoms with E-state index in [1.165, 1.54) is 18.2 Å². The van der Waals surface area contributed by atoms with Crippen molar-refractivity contribution in [1.29, 1.82) is 0 Å². The molecule has 3 rings (SSSR count). The molecule has 2 amide bonds. The molecule has 0 unspecified atom stereocenters. The molecule has 0 aliphatic heterocycles. The number of carbonyl (C=O) groups is 2. The van der Waals surface area contributed by atoms with Crippen molar-refractivity contribution in [1.82, 2.24) is 0 Å². The first-order chi connectivity index (χ1) is 13.7. The number of benzene rings is 3. The highest BCUT2D eigenvalue weighted by atomic mass is 19.1. The molecule has 2 N–H and O–H groups in total. The van der Waals surface area contributed by atoms with Crippen molar-refractivity contribution in [3.63, 3.8) is 0 Å². The summed E-state index contributed by atoms with van der Waals surface area (Å²) in [6.45, 7) is 6.36. The number of rotatable bonds is 4. The van der Waals surface area contributed by atoms with Crippen LogP contribution in [0.3, 0.4) is 0 Å². The van der Waals surface area contributed by atoms with Crippen molar-refractivity contribution in [2.24, 2.45) is 0 Å². The van der Waals surface area contributed by atoms with E-state index in [9.17, 15) is 14.0 Å². The van der Waals surface area contributed by atoms with Crippen LogP contribution in [-0.2, 0) is 5.41 Å². The fourth-order valence-electron chi connectivity index (χ4n) is 2.81. The number of anilines is 2. The lowest BCUT2D eigenvalue weighted by atomic mass is 9.87. The van der Waals surface area contributed by atoms with Crippen LogP contribution in [0.2, 0.25) is 0 Å². The Morgan fingerprint density at radius 2 is 1.24 bits per heavy atom. The van der Waals surface area contributed by atoms with Gasteiger partial charge in [-0.1, -0.05) is 45.0 Å². The van der Waals surface area contributed by atoms with Crippen LogP contribution in [0, 0.1) is 5.82 Å². The zero-order chi connectivity index (χ0) is 21.0. The molecule has 4 nitrogen and oxygen atoms in total. The monoisotopic (exact) mass is 390 g/mol. The molecule has 0 aliphatic carbocycles. The van der Waals surface area contributed by atoms with E-state index < -0.39 is 11.7 Å². The summed E-state index contributed by atoms with van der Waals surface area (Å²) in [7, 11) is 0. The Hall–Kier alpha value is -3.47. The lowest BCUT2D eigenvalue weighted by Crippen LogP contribution is -2.15. The van der Waals surface area contributed by atoms with Gasteiger partial charge in [0.25, 0.3) is 11.8 Å². The summed E-state index contributed by atoms with van der Waals surface area (Å²) in [5.41, 5.74) is 2.82. The smallest absolute Gasteiger partial charge is 0.258 e. The van der Waals surface area contributed by atoms with Crippen LogP contribution in [0.15, 0.2) is 72.8 Å². The van der Waals surface area contributed by atoms with Gasteiger partial charge in [0.1, 0.15) is 5.82 Å². The van der Waals surface area contributed by atoms with E-state index in [2.05, 4.69) is 31.4 Å². The van der Waals surface area contributed by atoms with Gasteiger partial charge in [-0.2, -0.15) is 0 Å². The maximum absolute atomic E-state index is 13.7. The lowest BCUT2D eigenvalue weighted by Gasteiger charge is -2.19. The minimum absolute atomic E-state index is 0.0245. The molecule has 0 aromatic heterocycles. The summed E-state index contributed by atoms with van der Waals surface area (Å²) >= 11 is 0. The standard InChI is InChI=1S/C24H23FN2O2/c1-24(2,3)17-10-8-16(9-11-17)22(28)26-18-12-14-19(15-13-18)27-23(29)20-6-4-5-7-21(20)25/h4-15H,1-3H3,(H,26,28)(H,27,29). The molecule has 5 heteroatoms. The molecule has 3 aromatic carbocycles. The van der Waals surface area contributed by atoms with Gasteiger partial charge >= 0.3 is 0 Å². The average molecular weight is 390 g/mol. The Morgan fingerprint density at radius 3 is 1.76 bits per heavy atom. The summed E-state index contributed by atoms with van der Waals surface area (Å²) in [5, 5.41) is 5.47. The topological polar surface area (TPSA) is 58.2 Å². The molecule has 0 bridgehead atoms. The van der Waals surface area contributed by atoms with E-state index >= 15 is 0 Å². The van der Waals surface area contributed by atoms with E-state index in [1.54, 1.807) is 42.5 Å². The number of carbonyl (C=O) groups excluding carboxylic acids is 2. The predicted octanol–water partition coefficient (Wildman–Crippen LogP) is 5.63. The second kappa shape index (κ2) is 8.27. The molecule has 29 heavy (non-hydrogen) atoms. The number of nitrogens with one attached hydrogen (secondary N) is 2. The Morgan fingerprint density at radius 1 is 0.724 bits per heavy atom. The summed E-state index contributed by atoms with van der Waals surface area (Å²) in [6.07, 6.45) is 0. The van der Waals surface area contributed by atoms with Crippen LogP contribution < -0.4 is 10.6 Å². The highest BCUT2D eigenvalue weighted by molar-refractivity contribution is 6.05. The summed E-state index contributed by atoms with van der Waals surface area (Å²) in [4.78, 5) is 24.6. The SMILES string of the molecule is CC(C)(C)c1ccc(C(=O)Nc2ccc(NC(=O)c3ccccc3F)cc2)cc1. The molecule has 0 aliphatic rings. The van der Waals surface area contributed by atoms with Crippen molar-refractivity contribution >= 4 is 23.2 Å². The number of hydrogen-bond acceptors (Lipinski definition) is 2. The van der Waals surface area contributed by atoms with Gasteiger partial charge in [-0.3, -0.25) is 9.59 Å². The van der Waals surface area contributed by atoms with Gasteiger partial charge in [0, 0.05) is 16.9 Å². The van der Waals surface area contributed by atoms with Gasteiger partial charge in [-0.05, 0) is 59.5 Å². The van der Waals surface area contributed by atoms with Crippen molar-refractivity contribution in [3.05, 3.63) is 95.3 Å². The van der Waals surface area contributed by atoms with Crippen molar-refractivity contribution in [3.8, 4) is 0 Å². The van der Waals surface area contributed by atoms with Crippen LogP contribution in [-0.4, -0.2) is 11.8 Å². The molecule has 148 valence electrons. The van der Waals surface area contributed by atoms with E-state index in [1.807, 2.05) is 12.1 Å². The molecule has 0 spiro atoms. The number of amides is 2. The summed E-state index contributed by atoms with van der Waals surface area (Å²) in [5.74, 6) is -1.32. The minimum Gasteiger partial charge on any atom is -0.322 e. The van der Waals surface area contributed by atoms with Gasteiger partial charge in [0.2, 0.25) is 0 Å². The normalized spacial score (nSPS) is 11.0. The molecule has 0 saturated heterocycles. The lowest BCUT2D eigenvalue weighted by molar-refractivity contribution is 0.101. The first kappa shape index (κ1) is 20.3. The van der Waals surface area contributed by atoms with E-state index in [-0.39, 0.29) is 16.9 Å². The van der Waals surface area contributed by atoms with E-state index in [0.29, 0.717) is 16.9 Å². The number of hydrogen-bond donors (Lipinski definition) is 2. The molecule has 0 fully saturated rings. The third-order valence-corrected chi connectivity index (χ3v) is 4.53. The van der Waals surface area contributed by atoms with Gasteiger partial charge in [-0.25, -0.2) is 4.39 Å². The van der Waals surface area contributed by atoms with Crippen molar-refractivity contribution < 1.29 is 14.0 Å². The Balaban J connectivity index is 1.64. The number of halogens is 1. The quantitative estimate of drug-likeness (QED) is 0.607. The molecular formula is C24H23FN2O2. The van der Waals surface area contributed by atoms with Crippen molar-refractivity contribution in [2.75, 3.05) is 10.6 Å². The Bertz CT molecular complexity index is 1020.